The number of amides is 1. The van der Waals surface area contributed by atoms with E-state index in [0.717, 1.165) is 19.4 Å². The molecule has 3 fully saturated rings. The van der Waals surface area contributed by atoms with E-state index in [0.29, 0.717) is 5.92 Å². The molecule has 35 heavy (non-hydrogen) atoms. The first-order valence-corrected chi connectivity index (χ1v) is 15.0. The molecule has 5 rings (SSSR count). The van der Waals surface area contributed by atoms with E-state index in [1.54, 1.807) is 0 Å². The van der Waals surface area contributed by atoms with E-state index >= 15 is 0 Å². The maximum absolute atomic E-state index is 13.4. The molecule has 1 N–H and O–H groups in total. The Kier molecular flexibility index (Phi) is 6.13. The van der Waals surface area contributed by atoms with Crippen LogP contribution in [0.1, 0.15) is 54.4 Å². The lowest BCUT2D eigenvalue weighted by molar-refractivity contribution is -0.00693. The predicted molar refractivity (Wildman–Crippen MR) is 143 cm³/mol. The number of ether oxygens (including phenoxy) is 1. The summed E-state index contributed by atoms with van der Waals surface area (Å²) in [6.07, 6.45) is 1.70. The number of nitrogens with zero attached hydrogens (tertiary/aromatic N) is 1. The molecule has 2 aromatic rings. The number of benzene rings is 2. The predicted octanol–water partition coefficient (Wildman–Crippen LogP) is 4.30. The van der Waals surface area contributed by atoms with Crippen LogP contribution in [0.3, 0.4) is 0 Å². The van der Waals surface area contributed by atoms with Gasteiger partial charge in [-0.3, -0.25) is 4.90 Å². The molecule has 0 saturated carbocycles. The Hall–Kier alpha value is -2.15. The maximum Gasteiger partial charge on any atom is 0.410 e. The Labute approximate surface area is 211 Å². The third kappa shape index (κ3) is 4.24. The van der Waals surface area contributed by atoms with Crippen LogP contribution in [0.5, 0.6) is 0 Å². The van der Waals surface area contributed by atoms with E-state index < -0.39 is 13.9 Å². The zero-order valence-corrected chi connectivity index (χ0v) is 23.0. The summed E-state index contributed by atoms with van der Waals surface area (Å²) in [6.45, 7) is 13.8. The van der Waals surface area contributed by atoms with Gasteiger partial charge < -0.3 is 14.5 Å². The lowest BCUT2D eigenvalue weighted by Crippen LogP contribution is -2.69. The van der Waals surface area contributed by atoms with Gasteiger partial charge in [-0.15, -0.1) is 0 Å². The Bertz CT molecular complexity index is 1010. The molecule has 1 unspecified atom stereocenters. The number of rotatable bonds is 4. The van der Waals surface area contributed by atoms with Crippen LogP contribution >= 0.6 is 0 Å². The SMILES string of the molecule is CC(C)(C)OC(=O)N1[C@@H]2C[C@H]3CNC([C@@H]2O[Si](c2ccccc2)(c2ccccc2)C(C)(C)C)[C@@H]1C3. The van der Waals surface area contributed by atoms with Crippen LogP contribution in [-0.2, 0) is 9.16 Å². The van der Waals surface area contributed by atoms with Crippen molar-refractivity contribution in [1.29, 1.82) is 0 Å². The highest BCUT2D eigenvalue weighted by atomic mass is 28.4. The van der Waals surface area contributed by atoms with Gasteiger partial charge in [0.15, 0.2) is 0 Å². The van der Waals surface area contributed by atoms with Crippen LogP contribution in [0, 0.1) is 5.92 Å². The fourth-order valence-electron chi connectivity index (χ4n) is 6.68. The van der Waals surface area contributed by atoms with Gasteiger partial charge in [0.2, 0.25) is 0 Å². The number of carbonyl (C=O) groups excluding carboxylic acids is 1. The molecule has 0 aliphatic carbocycles. The van der Waals surface area contributed by atoms with Crippen molar-refractivity contribution in [3.05, 3.63) is 60.7 Å². The van der Waals surface area contributed by atoms with Crippen LogP contribution in [0.15, 0.2) is 60.7 Å². The topological polar surface area (TPSA) is 50.8 Å². The first kappa shape index (κ1) is 24.5. The van der Waals surface area contributed by atoms with Crippen molar-refractivity contribution >= 4 is 24.8 Å². The summed E-state index contributed by atoms with van der Waals surface area (Å²) in [7, 11) is -2.74. The summed E-state index contributed by atoms with van der Waals surface area (Å²) in [6, 6.07) is 21.9. The average molecular weight is 493 g/mol. The molecule has 188 valence electrons. The molecule has 5 atom stereocenters. The molecular weight excluding hydrogens is 452 g/mol. The summed E-state index contributed by atoms with van der Waals surface area (Å²) >= 11 is 0. The molecule has 5 nitrogen and oxygen atoms in total. The molecule has 3 aliphatic heterocycles. The Balaban J connectivity index is 1.60. The normalized spacial score (nSPS) is 28.3. The van der Waals surface area contributed by atoms with E-state index in [2.05, 4.69) is 86.8 Å². The van der Waals surface area contributed by atoms with Crippen molar-refractivity contribution in [1.82, 2.24) is 10.2 Å². The van der Waals surface area contributed by atoms with Gasteiger partial charge in [-0.1, -0.05) is 81.4 Å². The minimum absolute atomic E-state index is 0.0234. The number of nitrogens with one attached hydrogen (secondary N) is 1. The van der Waals surface area contributed by atoms with Gasteiger partial charge in [-0.25, -0.2) is 4.79 Å². The minimum Gasteiger partial charge on any atom is -0.444 e. The van der Waals surface area contributed by atoms with E-state index in [1.807, 2.05) is 25.7 Å². The van der Waals surface area contributed by atoms with Gasteiger partial charge in [0.05, 0.1) is 24.2 Å². The van der Waals surface area contributed by atoms with Crippen molar-refractivity contribution in [3.63, 3.8) is 0 Å². The first-order valence-electron chi connectivity index (χ1n) is 13.0. The highest BCUT2D eigenvalue weighted by molar-refractivity contribution is 6.99. The Morgan fingerprint density at radius 3 is 1.94 bits per heavy atom. The van der Waals surface area contributed by atoms with Gasteiger partial charge in [0.1, 0.15) is 5.60 Å². The number of hydrogen-bond donors (Lipinski definition) is 1. The molecule has 3 saturated heterocycles. The summed E-state index contributed by atoms with van der Waals surface area (Å²) < 4.78 is 13.5. The number of hydrogen-bond acceptors (Lipinski definition) is 4. The van der Waals surface area contributed by atoms with Gasteiger partial charge in [-0.05, 0) is 61.5 Å². The van der Waals surface area contributed by atoms with Gasteiger partial charge in [0, 0.05) is 0 Å². The number of carbonyl (C=O) groups is 1. The van der Waals surface area contributed by atoms with Crippen molar-refractivity contribution in [2.24, 2.45) is 5.92 Å². The Morgan fingerprint density at radius 2 is 1.43 bits per heavy atom. The van der Waals surface area contributed by atoms with Crippen molar-refractivity contribution in [2.75, 3.05) is 6.54 Å². The van der Waals surface area contributed by atoms with Crippen LogP contribution < -0.4 is 15.7 Å². The van der Waals surface area contributed by atoms with Crippen LogP contribution in [-0.4, -0.2) is 55.7 Å². The van der Waals surface area contributed by atoms with E-state index in [1.165, 1.54) is 10.4 Å². The molecule has 0 aromatic heterocycles. The van der Waals surface area contributed by atoms with E-state index in [-0.39, 0.29) is 35.4 Å². The van der Waals surface area contributed by atoms with Crippen LogP contribution in [0.2, 0.25) is 5.04 Å². The second-order valence-electron chi connectivity index (χ2n) is 12.5. The number of piperidine rings is 2. The number of fused-ring (bicyclic) bond motifs is 2. The van der Waals surface area contributed by atoms with Gasteiger partial charge >= 0.3 is 6.09 Å². The summed E-state index contributed by atoms with van der Waals surface area (Å²) in [5, 5.41) is 6.24. The third-order valence-corrected chi connectivity index (χ3v) is 13.0. The first-order chi connectivity index (χ1) is 16.5. The van der Waals surface area contributed by atoms with Gasteiger partial charge in [-0.2, -0.15) is 0 Å². The van der Waals surface area contributed by atoms with E-state index in [4.69, 9.17) is 9.16 Å². The van der Waals surface area contributed by atoms with E-state index in [9.17, 15) is 4.79 Å². The molecule has 1 amide bonds. The molecular formula is C29H40N2O3Si. The fraction of sp³-hybridized carbons (Fsp3) is 0.552. The molecule has 0 radical (unpaired) electrons. The smallest absolute Gasteiger partial charge is 0.410 e. The van der Waals surface area contributed by atoms with Gasteiger partial charge in [0.25, 0.3) is 8.32 Å². The zero-order chi connectivity index (χ0) is 25.0. The third-order valence-electron chi connectivity index (χ3n) is 7.99. The molecule has 3 heterocycles. The largest absolute Gasteiger partial charge is 0.444 e. The average Bonchev–Trinajstić information content (AvgIpc) is 2.88. The van der Waals surface area contributed by atoms with Crippen molar-refractivity contribution in [3.8, 4) is 0 Å². The standard InChI is InChI=1S/C29H40N2O3Si/c1-28(2,3)33-27(32)31-23-17-20-18-24(31)26(25(23)30-19-20)34-35(29(4,5)6,21-13-9-7-10-14-21)22-15-11-8-12-16-22/h7-16,20,23-26,30H,17-19H2,1-6H3/t20-,23-,24+,25?,26+/m0/s1. The van der Waals surface area contributed by atoms with Crippen LogP contribution in [0.4, 0.5) is 4.79 Å². The molecule has 2 aromatic carbocycles. The highest BCUT2D eigenvalue weighted by Gasteiger charge is 2.62. The summed E-state index contributed by atoms with van der Waals surface area (Å²) in [5.41, 5.74) is -0.519. The second-order valence-corrected chi connectivity index (χ2v) is 16.8. The second kappa shape index (κ2) is 8.75. The maximum atomic E-state index is 13.4. The zero-order valence-electron chi connectivity index (χ0n) is 22.0. The quantitative estimate of drug-likeness (QED) is 0.647. The monoisotopic (exact) mass is 492 g/mol. The fourth-order valence-corrected chi connectivity index (χ4v) is 11.4. The highest BCUT2D eigenvalue weighted by Crippen LogP contribution is 2.47. The molecule has 3 bridgehead atoms. The lowest BCUT2D eigenvalue weighted by Gasteiger charge is -2.46. The van der Waals surface area contributed by atoms with Crippen molar-refractivity contribution in [2.45, 2.75) is 89.3 Å². The molecule has 3 aliphatic rings. The lowest BCUT2D eigenvalue weighted by atomic mass is 9.88. The molecule has 0 spiro atoms. The summed E-state index contributed by atoms with van der Waals surface area (Å²) in [4.78, 5) is 15.5. The molecule has 6 heteroatoms. The summed E-state index contributed by atoms with van der Waals surface area (Å²) in [5.74, 6) is 0.577. The minimum atomic E-state index is -2.74. The van der Waals surface area contributed by atoms with Crippen LogP contribution in [0.25, 0.3) is 0 Å². The van der Waals surface area contributed by atoms with Crippen molar-refractivity contribution < 1.29 is 14.0 Å². The Morgan fingerprint density at radius 1 is 0.886 bits per heavy atom.